The van der Waals surface area contributed by atoms with Gasteiger partial charge in [0.2, 0.25) is 0 Å². The van der Waals surface area contributed by atoms with Gasteiger partial charge in [-0.3, -0.25) is 0 Å². The van der Waals surface area contributed by atoms with Crippen LogP contribution in [0.4, 0.5) is 0 Å². The third-order valence-corrected chi connectivity index (χ3v) is 6.25. The molecular weight excluding hydrogens is 430 g/mol. The summed E-state index contributed by atoms with van der Waals surface area (Å²) in [6, 6.07) is 40.3. The van der Waals surface area contributed by atoms with E-state index < -0.39 is 0 Å². The molecule has 0 amide bonds. The van der Waals surface area contributed by atoms with Crippen molar-refractivity contribution in [1.29, 1.82) is 0 Å². The summed E-state index contributed by atoms with van der Waals surface area (Å²) < 4.78 is 0. The van der Waals surface area contributed by atoms with E-state index in [0.717, 1.165) is 50.3 Å². The molecule has 4 nitrogen and oxygen atoms in total. The first kappa shape index (κ1) is 20.9. The van der Waals surface area contributed by atoms with Crippen molar-refractivity contribution in [3.63, 3.8) is 0 Å². The Morgan fingerprint density at radius 1 is 0.514 bits per heavy atom. The number of hydrogen-bond acceptors (Lipinski definition) is 4. The molecule has 1 heterocycles. The van der Waals surface area contributed by atoms with Gasteiger partial charge in [-0.15, -0.1) is 0 Å². The van der Waals surface area contributed by atoms with Crippen molar-refractivity contribution >= 4 is 22.4 Å². The molecule has 35 heavy (non-hydrogen) atoms. The number of amidine groups is 2. The molecule has 168 valence electrons. The fourth-order valence-corrected chi connectivity index (χ4v) is 4.46. The van der Waals surface area contributed by atoms with Crippen LogP contribution in [0.15, 0.2) is 131 Å². The maximum Gasteiger partial charge on any atom is 0.169 e. The van der Waals surface area contributed by atoms with Crippen LogP contribution in [0.1, 0.15) is 22.9 Å². The van der Waals surface area contributed by atoms with E-state index >= 15 is 0 Å². The Hall–Kier alpha value is -4.70. The number of benzene rings is 5. The van der Waals surface area contributed by atoms with Crippen molar-refractivity contribution in [1.82, 2.24) is 5.32 Å². The van der Waals surface area contributed by atoms with Crippen molar-refractivity contribution in [2.45, 2.75) is 6.17 Å². The molecule has 4 heteroatoms. The van der Waals surface area contributed by atoms with Crippen LogP contribution >= 0.6 is 0 Å². The highest BCUT2D eigenvalue weighted by molar-refractivity contribution is 6.16. The van der Waals surface area contributed by atoms with Gasteiger partial charge in [0.1, 0.15) is 17.4 Å². The zero-order valence-electron chi connectivity index (χ0n) is 19.0. The van der Waals surface area contributed by atoms with Crippen molar-refractivity contribution in [2.75, 3.05) is 0 Å². The van der Waals surface area contributed by atoms with Crippen LogP contribution in [0.5, 0.6) is 5.75 Å². The SMILES string of the molecule is Oc1ccc(-c2ccc(C3=NC(c4ccccc4)N=C(c4ccccc4)N3)cc2)c2ccccc12. The quantitative estimate of drug-likeness (QED) is 0.318. The zero-order chi connectivity index (χ0) is 23.6. The predicted molar refractivity (Wildman–Crippen MR) is 143 cm³/mol. The lowest BCUT2D eigenvalue weighted by Gasteiger charge is -2.22. The summed E-state index contributed by atoms with van der Waals surface area (Å²) in [5.74, 6) is 1.88. The van der Waals surface area contributed by atoms with E-state index in [1.165, 1.54) is 0 Å². The molecule has 1 aliphatic rings. The van der Waals surface area contributed by atoms with Crippen molar-refractivity contribution < 1.29 is 5.11 Å². The van der Waals surface area contributed by atoms with Gasteiger partial charge in [-0.25, -0.2) is 9.98 Å². The summed E-state index contributed by atoms with van der Waals surface area (Å²) in [4.78, 5) is 9.85. The molecule has 0 saturated carbocycles. The van der Waals surface area contributed by atoms with E-state index in [-0.39, 0.29) is 6.17 Å². The number of hydrogen-bond donors (Lipinski definition) is 2. The van der Waals surface area contributed by atoms with Crippen LogP contribution in [-0.4, -0.2) is 16.8 Å². The maximum atomic E-state index is 10.3. The number of nitrogens with zero attached hydrogens (tertiary/aromatic N) is 2. The summed E-state index contributed by atoms with van der Waals surface area (Å²) in [5, 5.41) is 15.6. The van der Waals surface area contributed by atoms with E-state index in [1.54, 1.807) is 6.07 Å². The number of phenolic OH excluding ortho intramolecular Hbond substituents is 1. The standard InChI is InChI=1S/C31H23N3O/c35-28-20-19-25(26-13-7-8-14-27(26)28)21-15-17-24(18-16-21)31-33-29(22-9-3-1-4-10-22)32-30(34-31)23-11-5-2-6-12-23/h1-20,29,35H,(H,32,33,34). The number of nitrogens with one attached hydrogen (secondary N) is 1. The Morgan fingerprint density at radius 2 is 1.06 bits per heavy atom. The van der Waals surface area contributed by atoms with E-state index in [2.05, 4.69) is 53.8 Å². The molecule has 0 radical (unpaired) electrons. The third kappa shape index (κ3) is 4.06. The average Bonchev–Trinajstić information content (AvgIpc) is 2.94. The lowest BCUT2D eigenvalue weighted by Crippen LogP contribution is -2.36. The largest absolute Gasteiger partial charge is 0.507 e. The van der Waals surface area contributed by atoms with Gasteiger partial charge in [-0.05, 0) is 28.1 Å². The second kappa shape index (κ2) is 8.92. The first-order valence-electron chi connectivity index (χ1n) is 11.6. The molecule has 0 fully saturated rings. The predicted octanol–water partition coefficient (Wildman–Crippen LogP) is 6.71. The molecule has 6 rings (SSSR count). The number of rotatable bonds is 4. The van der Waals surface area contributed by atoms with Crippen LogP contribution in [0.2, 0.25) is 0 Å². The Labute approximate surface area is 204 Å². The first-order chi connectivity index (χ1) is 17.3. The average molecular weight is 454 g/mol. The second-order valence-electron chi connectivity index (χ2n) is 8.49. The van der Waals surface area contributed by atoms with Crippen LogP contribution in [-0.2, 0) is 0 Å². The van der Waals surface area contributed by atoms with Gasteiger partial charge >= 0.3 is 0 Å². The summed E-state index contributed by atoms with van der Waals surface area (Å²) >= 11 is 0. The Balaban J connectivity index is 1.38. The Kier molecular flexibility index (Phi) is 5.32. The molecule has 0 saturated heterocycles. The minimum atomic E-state index is -0.316. The molecule has 5 aromatic carbocycles. The van der Waals surface area contributed by atoms with Crippen LogP contribution < -0.4 is 5.32 Å². The molecule has 1 aliphatic heterocycles. The van der Waals surface area contributed by atoms with E-state index in [9.17, 15) is 5.11 Å². The van der Waals surface area contributed by atoms with E-state index in [1.807, 2.05) is 66.7 Å². The van der Waals surface area contributed by atoms with Crippen LogP contribution in [0.25, 0.3) is 21.9 Å². The summed E-state index contributed by atoms with van der Waals surface area (Å²) in [7, 11) is 0. The normalized spacial score (nSPS) is 15.3. The van der Waals surface area contributed by atoms with Gasteiger partial charge in [0.05, 0.1) is 0 Å². The van der Waals surface area contributed by atoms with Gasteiger partial charge in [-0.1, -0.05) is 115 Å². The fourth-order valence-electron chi connectivity index (χ4n) is 4.46. The molecule has 0 bridgehead atoms. The number of phenols is 1. The molecular formula is C31H23N3O. The van der Waals surface area contributed by atoms with Gasteiger partial charge in [0.25, 0.3) is 0 Å². The van der Waals surface area contributed by atoms with Crippen molar-refractivity contribution in [3.05, 3.63) is 138 Å². The van der Waals surface area contributed by atoms with Gasteiger partial charge in [-0.2, -0.15) is 0 Å². The maximum absolute atomic E-state index is 10.3. The zero-order valence-corrected chi connectivity index (χ0v) is 19.0. The van der Waals surface area contributed by atoms with Crippen molar-refractivity contribution in [2.24, 2.45) is 9.98 Å². The second-order valence-corrected chi connectivity index (χ2v) is 8.49. The number of aliphatic imine (C=N–C) groups is 2. The topological polar surface area (TPSA) is 57.0 Å². The molecule has 2 N–H and O–H groups in total. The monoisotopic (exact) mass is 453 g/mol. The Morgan fingerprint density at radius 3 is 1.74 bits per heavy atom. The lowest BCUT2D eigenvalue weighted by atomic mass is 9.97. The minimum absolute atomic E-state index is 0.293. The van der Waals surface area contributed by atoms with Crippen LogP contribution in [0.3, 0.4) is 0 Å². The third-order valence-electron chi connectivity index (χ3n) is 6.25. The van der Waals surface area contributed by atoms with Gasteiger partial charge in [0, 0.05) is 16.5 Å². The van der Waals surface area contributed by atoms with Crippen molar-refractivity contribution in [3.8, 4) is 16.9 Å². The summed E-state index contributed by atoms with van der Waals surface area (Å²) in [6.07, 6.45) is -0.316. The molecule has 0 spiro atoms. The highest BCUT2D eigenvalue weighted by atomic mass is 16.3. The minimum Gasteiger partial charge on any atom is -0.507 e. The number of aromatic hydroxyl groups is 1. The smallest absolute Gasteiger partial charge is 0.169 e. The fraction of sp³-hybridized carbons (Fsp3) is 0.0323. The Bertz CT molecular complexity index is 1560. The first-order valence-corrected chi connectivity index (χ1v) is 11.6. The highest BCUT2D eigenvalue weighted by Crippen LogP contribution is 2.34. The highest BCUT2D eigenvalue weighted by Gasteiger charge is 2.20. The lowest BCUT2D eigenvalue weighted by molar-refractivity contribution is 0.481. The molecule has 1 unspecified atom stereocenters. The van der Waals surface area contributed by atoms with Gasteiger partial charge < -0.3 is 10.4 Å². The van der Waals surface area contributed by atoms with Gasteiger partial charge in [0.15, 0.2) is 6.17 Å². The van der Waals surface area contributed by atoms with E-state index in [0.29, 0.717) is 5.75 Å². The molecule has 5 aromatic rings. The molecule has 0 aliphatic carbocycles. The number of fused-ring (bicyclic) bond motifs is 1. The van der Waals surface area contributed by atoms with E-state index in [4.69, 9.17) is 9.98 Å². The summed E-state index contributed by atoms with van der Waals surface area (Å²) in [5.41, 5.74) is 5.22. The molecule has 0 aromatic heterocycles. The van der Waals surface area contributed by atoms with Crippen LogP contribution in [0, 0.1) is 0 Å². The molecule has 1 atom stereocenters. The summed E-state index contributed by atoms with van der Waals surface area (Å²) in [6.45, 7) is 0.